The first-order chi connectivity index (χ1) is 12.6. The second-order valence-electron chi connectivity index (χ2n) is 6.14. The highest BCUT2D eigenvalue weighted by Gasteiger charge is 2.29. The van der Waals surface area contributed by atoms with Gasteiger partial charge in [-0.1, -0.05) is 5.16 Å². The highest BCUT2D eigenvalue weighted by Crippen LogP contribution is 2.28. The van der Waals surface area contributed by atoms with E-state index in [0.717, 1.165) is 29.2 Å². The molecule has 7 nitrogen and oxygen atoms in total. The van der Waals surface area contributed by atoms with Crippen LogP contribution in [-0.4, -0.2) is 44.0 Å². The molecular weight excluding hydrogens is 405 g/mol. The van der Waals surface area contributed by atoms with Crippen molar-refractivity contribution in [3.8, 4) is 11.6 Å². The number of hydrogen-bond acceptors (Lipinski definition) is 5. The molecule has 0 bridgehead atoms. The molecule has 1 amide bonds. The third kappa shape index (κ3) is 3.26. The monoisotopic (exact) mass is 419 g/mol. The van der Waals surface area contributed by atoms with Gasteiger partial charge in [0, 0.05) is 35.9 Å². The fourth-order valence-corrected chi connectivity index (χ4v) is 3.44. The van der Waals surface area contributed by atoms with Crippen molar-refractivity contribution < 1.29 is 13.7 Å². The second-order valence-corrected chi connectivity index (χ2v) is 7.05. The molecule has 1 saturated heterocycles. The zero-order valence-electron chi connectivity index (χ0n) is 13.7. The Kier molecular flexibility index (Phi) is 4.54. The lowest BCUT2D eigenvalue weighted by atomic mass is 9.97. The standard InChI is InChI=1S/C17H15BrFN5O2/c18-11-6-14(21-7-11)16-22-15(23-26-16)10-2-1-5-24(9-10)17(25)12-3-4-20-8-13(12)19/h3-4,6-8,10,21H,1-2,5,9H2. The smallest absolute Gasteiger partial charge is 0.274 e. The maximum absolute atomic E-state index is 13.9. The molecule has 3 aromatic heterocycles. The number of likely N-dealkylation sites (tertiary alicyclic amines) is 1. The number of hydrogen-bond donors (Lipinski definition) is 1. The normalized spacial score (nSPS) is 17.5. The van der Waals surface area contributed by atoms with Gasteiger partial charge in [0.1, 0.15) is 5.69 Å². The van der Waals surface area contributed by atoms with Crippen LogP contribution < -0.4 is 0 Å². The van der Waals surface area contributed by atoms with Gasteiger partial charge in [0.25, 0.3) is 11.8 Å². The fraction of sp³-hybridized carbons (Fsp3) is 0.294. The summed E-state index contributed by atoms with van der Waals surface area (Å²) in [4.78, 5) is 25.4. The molecule has 0 radical (unpaired) electrons. The van der Waals surface area contributed by atoms with Crippen molar-refractivity contribution >= 4 is 21.8 Å². The summed E-state index contributed by atoms with van der Waals surface area (Å²) < 4.78 is 20.1. The van der Waals surface area contributed by atoms with Crippen LogP contribution >= 0.6 is 15.9 Å². The van der Waals surface area contributed by atoms with Crippen molar-refractivity contribution in [2.45, 2.75) is 18.8 Å². The number of nitrogens with zero attached hydrogens (tertiary/aromatic N) is 4. The van der Waals surface area contributed by atoms with Crippen molar-refractivity contribution in [2.75, 3.05) is 13.1 Å². The van der Waals surface area contributed by atoms with Crippen LogP contribution in [0.15, 0.2) is 39.7 Å². The Morgan fingerprint density at radius 3 is 3.12 bits per heavy atom. The summed E-state index contributed by atoms with van der Waals surface area (Å²) in [6, 6.07) is 3.25. The number of carbonyl (C=O) groups is 1. The Balaban J connectivity index is 1.51. The number of aromatic nitrogens is 4. The number of H-pyrrole nitrogens is 1. The van der Waals surface area contributed by atoms with Crippen LogP contribution in [0, 0.1) is 5.82 Å². The number of aromatic amines is 1. The first-order valence-corrected chi connectivity index (χ1v) is 8.98. The van der Waals surface area contributed by atoms with Gasteiger partial charge in [-0.25, -0.2) is 4.39 Å². The van der Waals surface area contributed by atoms with Gasteiger partial charge in [-0.15, -0.1) is 0 Å². The van der Waals surface area contributed by atoms with Crippen molar-refractivity contribution in [3.05, 3.63) is 52.4 Å². The average Bonchev–Trinajstić information content (AvgIpc) is 3.31. The van der Waals surface area contributed by atoms with Crippen molar-refractivity contribution in [3.63, 3.8) is 0 Å². The Bertz CT molecular complexity index is 941. The van der Waals surface area contributed by atoms with Crippen molar-refractivity contribution in [2.24, 2.45) is 0 Å². The SMILES string of the molecule is O=C(c1ccncc1F)N1CCCC(c2noc(-c3cc(Br)c[nH]3)n2)C1. The van der Waals surface area contributed by atoms with Gasteiger partial charge in [-0.05, 0) is 40.9 Å². The molecule has 0 spiro atoms. The van der Waals surface area contributed by atoms with E-state index in [4.69, 9.17) is 4.52 Å². The van der Waals surface area contributed by atoms with Crippen LogP contribution in [-0.2, 0) is 0 Å². The van der Waals surface area contributed by atoms with E-state index in [2.05, 4.69) is 36.0 Å². The Morgan fingerprint density at radius 2 is 2.35 bits per heavy atom. The Morgan fingerprint density at radius 1 is 1.46 bits per heavy atom. The van der Waals surface area contributed by atoms with Crippen LogP contribution in [0.25, 0.3) is 11.6 Å². The zero-order chi connectivity index (χ0) is 18.1. The topological polar surface area (TPSA) is 87.9 Å². The molecule has 1 aliphatic rings. The lowest BCUT2D eigenvalue weighted by Gasteiger charge is -2.31. The lowest BCUT2D eigenvalue weighted by Crippen LogP contribution is -2.39. The number of pyridine rings is 1. The minimum Gasteiger partial charge on any atom is -0.356 e. The molecule has 0 saturated carbocycles. The van der Waals surface area contributed by atoms with E-state index in [0.29, 0.717) is 24.8 Å². The first-order valence-electron chi connectivity index (χ1n) is 8.18. The van der Waals surface area contributed by atoms with Gasteiger partial charge in [-0.3, -0.25) is 9.78 Å². The van der Waals surface area contributed by atoms with Crippen LogP contribution in [0.2, 0.25) is 0 Å². The highest BCUT2D eigenvalue weighted by molar-refractivity contribution is 9.10. The molecule has 0 aliphatic carbocycles. The van der Waals surface area contributed by atoms with Crippen LogP contribution in [0.1, 0.15) is 34.9 Å². The molecule has 1 fully saturated rings. The summed E-state index contributed by atoms with van der Waals surface area (Å²) >= 11 is 3.36. The number of halogens is 2. The van der Waals surface area contributed by atoms with Crippen molar-refractivity contribution in [1.82, 2.24) is 25.0 Å². The minimum absolute atomic E-state index is 0.0330. The van der Waals surface area contributed by atoms with E-state index in [-0.39, 0.29) is 17.4 Å². The predicted octanol–water partition coefficient (Wildman–Crippen LogP) is 3.38. The molecule has 1 N–H and O–H groups in total. The molecule has 1 atom stereocenters. The van der Waals surface area contributed by atoms with Gasteiger partial charge in [-0.2, -0.15) is 4.98 Å². The molecule has 1 aliphatic heterocycles. The van der Waals surface area contributed by atoms with E-state index in [1.54, 1.807) is 11.1 Å². The predicted molar refractivity (Wildman–Crippen MR) is 93.9 cm³/mol. The molecule has 4 heterocycles. The molecule has 134 valence electrons. The molecule has 3 aromatic rings. The molecule has 26 heavy (non-hydrogen) atoms. The number of amides is 1. The molecule has 1 unspecified atom stereocenters. The summed E-state index contributed by atoms with van der Waals surface area (Å²) in [7, 11) is 0. The molecular formula is C17H15BrFN5O2. The van der Waals surface area contributed by atoms with Gasteiger partial charge in [0.05, 0.1) is 11.8 Å². The number of nitrogens with one attached hydrogen (secondary N) is 1. The molecule has 9 heteroatoms. The van der Waals surface area contributed by atoms with E-state index >= 15 is 0 Å². The summed E-state index contributed by atoms with van der Waals surface area (Å²) in [5.41, 5.74) is 0.754. The minimum atomic E-state index is -0.612. The van der Waals surface area contributed by atoms with E-state index < -0.39 is 5.82 Å². The molecule has 4 rings (SSSR count). The molecule has 0 aromatic carbocycles. The highest BCUT2D eigenvalue weighted by atomic mass is 79.9. The van der Waals surface area contributed by atoms with E-state index in [1.165, 1.54) is 12.3 Å². The summed E-state index contributed by atoms with van der Waals surface area (Å²) in [5.74, 6) is -0.0494. The Labute approximate surface area is 156 Å². The summed E-state index contributed by atoms with van der Waals surface area (Å²) in [5, 5.41) is 4.07. The Hall–Kier alpha value is -2.55. The van der Waals surface area contributed by atoms with Crippen LogP contribution in [0.3, 0.4) is 0 Å². The number of piperidine rings is 1. The summed E-state index contributed by atoms with van der Waals surface area (Å²) in [6.07, 6.45) is 5.88. The maximum Gasteiger partial charge on any atom is 0.274 e. The zero-order valence-corrected chi connectivity index (χ0v) is 15.2. The first kappa shape index (κ1) is 16.9. The van der Waals surface area contributed by atoms with E-state index in [1.807, 2.05) is 6.07 Å². The second kappa shape index (κ2) is 6.99. The van der Waals surface area contributed by atoms with Gasteiger partial charge >= 0.3 is 0 Å². The number of carbonyl (C=O) groups excluding carboxylic acids is 1. The quantitative estimate of drug-likeness (QED) is 0.702. The van der Waals surface area contributed by atoms with E-state index in [9.17, 15) is 9.18 Å². The van der Waals surface area contributed by atoms with Gasteiger partial charge in [0.15, 0.2) is 11.6 Å². The third-order valence-electron chi connectivity index (χ3n) is 4.40. The average molecular weight is 420 g/mol. The number of rotatable bonds is 3. The van der Waals surface area contributed by atoms with Crippen LogP contribution in [0.5, 0.6) is 0 Å². The summed E-state index contributed by atoms with van der Waals surface area (Å²) in [6.45, 7) is 0.999. The van der Waals surface area contributed by atoms with Gasteiger partial charge < -0.3 is 14.4 Å². The lowest BCUT2D eigenvalue weighted by molar-refractivity contribution is 0.0698. The van der Waals surface area contributed by atoms with Gasteiger partial charge in [0.2, 0.25) is 0 Å². The largest absolute Gasteiger partial charge is 0.356 e. The third-order valence-corrected chi connectivity index (χ3v) is 4.85. The fourth-order valence-electron chi connectivity index (χ4n) is 3.09. The maximum atomic E-state index is 13.9. The van der Waals surface area contributed by atoms with Crippen LogP contribution in [0.4, 0.5) is 4.39 Å². The van der Waals surface area contributed by atoms with Crippen molar-refractivity contribution in [1.29, 1.82) is 0 Å².